The van der Waals surface area contributed by atoms with Crippen molar-refractivity contribution in [3.8, 4) is 0 Å². The third-order valence-corrected chi connectivity index (χ3v) is 14.6. The van der Waals surface area contributed by atoms with E-state index in [0.29, 0.717) is 19.3 Å². The van der Waals surface area contributed by atoms with Crippen LogP contribution in [-0.4, -0.2) is 37.2 Å². The first-order valence-electron chi connectivity index (χ1n) is 33.6. The van der Waals surface area contributed by atoms with Crippen molar-refractivity contribution in [3.05, 3.63) is 85.1 Å². The predicted molar refractivity (Wildman–Crippen MR) is 339 cm³/mol. The van der Waals surface area contributed by atoms with Crippen molar-refractivity contribution < 1.29 is 28.6 Å². The van der Waals surface area contributed by atoms with Crippen LogP contribution in [-0.2, 0) is 28.6 Å². The molecule has 0 aromatic heterocycles. The fourth-order valence-corrected chi connectivity index (χ4v) is 9.58. The maximum Gasteiger partial charge on any atom is 0.306 e. The number of carbonyl (C=O) groups excluding carboxylic acids is 3. The van der Waals surface area contributed by atoms with Crippen LogP contribution in [0.2, 0.25) is 0 Å². The summed E-state index contributed by atoms with van der Waals surface area (Å²) in [4.78, 5) is 38.3. The fraction of sp³-hybridized carbons (Fsp3) is 0.764. The highest BCUT2D eigenvalue weighted by molar-refractivity contribution is 5.71. The molecule has 0 fully saturated rings. The maximum atomic E-state index is 12.9. The molecule has 0 aliphatic heterocycles. The lowest BCUT2D eigenvalue weighted by Crippen LogP contribution is -2.30. The smallest absolute Gasteiger partial charge is 0.306 e. The molecule has 0 saturated heterocycles. The number of hydrogen-bond donors (Lipinski definition) is 0. The average molecular weight is 1090 g/mol. The normalized spacial score (nSPS) is 12.6. The molecule has 0 saturated carbocycles. The van der Waals surface area contributed by atoms with Crippen molar-refractivity contribution >= 4 is 17.9 Å². The minimum atomic E-state index is -0.787. The molecule has 0 spiro atoms. The highest BCUT2D eigenvalue weighted by Crippen LogP contribution is 2.17. The van der Waals surface area contributed by atoms with Gasteiger partial charge in [0.25, 0.3) is 0 Å². The third kappa shape index (κ3) is 63.4. The van der Waals surface area contributed by atoms with Crippen LogP contribution in [0.5, 0.6) is 0 Å². The molecule has 0 heterocycles. The first-order valence-corrected chi connectivity index (χ1v) is 33.6. The van der Waals surface area contributed by atoms with E-state index in [0.717, 1.165) is 103 Å². The predicted octanol–water partition coefficient (Wildman–Crippen LogP) is 23.1. The molecule has 0 aromatic carbocycles. The van der Waals surface area contributed by atoms with Crippen LogP contribution in [0, 0.1) is 0 Å². The zero-order chi connectivity index (χ0) is 56.4. The Balaban J connectivity index is 4.29. The molecule has 0 N–H and O–H groups in total. The van der Waals surface area contributed by atoms with E-state index in [1.807, 2.05) is 0 Å². The molecule has 0 aromatic rings. The molecule has 6 nitrogen and oxygen atoms in total. The van der Waals surface area contributed by atoms with Crippen molar-refractivity contribution in [1.82, 2.24) is 0 Å². The second kappa shape index (κ2) is 66.1. The number of ether oxygens (including phenoxy) is 3. The Morgan fingerprint density at radius 1 is 0.269 bits per heavy atom. The molecule has 0 rings (SSSR count). The zero-order valence-electron chi connectivity index (χ0n) is 51.7. The molecular weight excluding hydrogens is 961 g/mol. The summed E-state index contributed by atoms with van der Waals surface area (Å²) in [6, 6.07) is 0. The van der Waals surface area contributed by atoms with Crippen LogP contribution in [0.3, 0.4) is 0 Å². The number of allylic oxidation sites excluding steroid dienone is 14. The molecule has 450 valence electrons. The molecular formula is C72H126O6. The van der Waals surface area contributed by atoms with Gasteiger partial charge < -0.3 is 14.2 Å². The highest BCUT2D eigenvalue weighted by atomic mass is 16.6. The van der Waals surface area contributed by atoms with Crippen molar-refractivity contribution in [2.75, 3.05) is 13.2 Å². The van der Waals surface area contributed by atoms with Gasteiger partial charge in [0.1, 0.15) is 13.2 Å². The number of carbonyl (C=O) groups is 3. The second-order valence-corrected chi connectivity index (χ2v) is 22.3. The second-order valence-electron chi connectivity index (χ2n) is 22.3. The summed E-state index contributed by atoms with van der Waals surface area (Å²) in [5.74, 6) is -0.889. The molecule has 0 bridgehead atoms. The first kappa shape index (κ1) is 74.6. The van der Waals surface area contributed by atoms with Gasteiger partial charge in [-0.15, -0.1) is 0 Å². The summed E-state index contributed by atoms with van der Waals surface area (Å²) in [7, 11) is 0. The van der Waals surface area contributed by atoms with Crippen LogP contribution in [0.4, 0.5) is 0 Å². The lowest BCUT2D eigenvalue weighted by molar-refractivity contribution is -0.167. The molecule has 1 atom stereocenters. The summed E-state index contributed by atoms with van der Waals surface area (Å²) in [5.41, 5.74) is 0. The summed E-state index contributed by atoms with van der Waals surface area (Å²) in [6.45, 7) is 6.52. The number of esters is 3. The van der Waals surface area contributed by atoms with Gasteiger partial charge in [0, 0.05) is 19.3 Å². The number of unbranched alkanes of at least 4 members (excludes halogenated alkanes) is 36. The zero-order valence-corrected chi connectivity index (χ0v) is 51.7. The van der Waals surface area contributed by atoms with Gasteiger partial charge in [-0.05, 0) is 116 Å². The van der Waals surface area contributed by atoms with Crippen LogP contribution < -0.4 is 0 Å². The minimum absolute atomic E-state index is 0.0820. The largest absolute Gasteiger partial charge is 0.462 e. The Hall–Kier alpha value is -3.41. The number of hydrogen-bond acceptors (Lipinski definition) is 6. The molecule has 1 unspecified atom stereocenters. The van der Waals surface area contributed by atoms with Gasteiger partial charge in [-0.25, -0.2) is 0 Å². The summed E-state index contributed by atoms with van der Waals surface area (Å²) >= 11 is 0. The maximum absolute atomic E-state index is 12.9. The van der Waals surface area contributed by atoms with E-state index in [9.17, 15) is 14.4 Å². The molecule has 0 aliphatic rings. The van der Waals surface area contributed by atoms with Gasteiger partial charge in [0.05, 0.1) is 0 Å². The van der Waals surface area contributed by atoms with Gasteiger partial charge >= 0.3 is 17.9 Å². The van der Waals surface area contributed by atoms with E-state index >= 15 is 0 Å². The van der Waals surface area contributed by atoms with Gasteiger partial charge in [0.2, 0.25) is 0 Å². The van der Waals surface area contributed by atoms with Crippen molar-refractivity contribution in [3.63, 3.8) is 0 Å². The van der Waals surface area contributed by atoms with Gasteiger partial charge in [-0.2, -0.15) is 0 Å². The summed E-state index contributed by atoms with van der Waals surface area (Å²) in [6.07, 6.45) is 87.4. The minimum Gasteiger partial charge on any atom is -0.462 e. The Bertz CT molecular complexity index is 1480. The average Bonchev–Trinajstić information content (AvgIpc) is 3.44. The molecule has 0 radical (unpaired) electrons. The van der Waals surface area contributed by atoms with E-state index in [4.69, 9.17) is 14.2 Å². The topological polar surface area (TPSA) is 78.9 Å². The standard InChI is InChI=1S/C72H126O6/c1-4-7-10-13-16-19-22-25-27-29-31-33-35-36-38-39-41-43-45-47-50-53-56-59-62-65-71(74)77-68-69(67-76-70(73)64-61-58-55-52-49-24-21-18-15-12-9-6-3)78-72(75)66-63-60-57-54-51-48-46-44-42-40-37-34-32-30-28-26-23-20-17-14-11-8-5-2/h8,11,17-18,20-21,26,28-29,31-32,34,40,42,69H,4-7,9-10,12-16,19,22-25,27,30,33,35-39,41,43-68H2,1-3H3/b11-8-,20-17-,21-18-,28-26-,31-29-,34-32-,42-40-. The lowest BCUT2D eigenvalue weighted by atomic mass is 10.0. The lowest BCUT2D eigenvalue weighted by Gasteiger charge is -2.18. The molecule has 0 aliphatic carbocycles. The SMILES string of the molecule is CC/C=C\C/C=C\C/C=C\C/C=C\C/C=C\CCCCCCCCCC(=O)OC(COC(=O)CCCCCCC/C=C\CCCCC)COC(=O)CCCCCCCCCCCCCCC/C=C\CCCCCCCCCC. The van der Waals surface area contributed by atoms with Crippen LogP contribution in [0.25, 0.3) is 0 Å². The van der Waals surface area contributed by atoms with E-state index < -0.39 is 6.10 Å². The van der Waals surface area contributed by atoms with Crippen LogP contribution in [0.1, 0.15) is 335 Å². The van der Waals surface area contributed by atoms with Crippen molar-refractivity contribution in [2.24, 2.45) is 0 Å². The number of rotatable bonds is 61. The van der Waals surface area contributed by atoms with Gasteiger partial charge in [0.15, 0.2) is 6.10 Å². The molecule has 6 heteroatoms. The molecule has 0 amide bonds. The third-order valence-electron chi connectivity index (χ3n) is 14.6. The fourth-order valence-electron chi connectivity index (χ4n) is 9.58. The van der Waals surface area contributed by atoms with E-state index in [-0.39, 0.29) is 31.1 Å². The summed E-state index contributed by atoms with van der Waals surface area (Å²) in [5, 5.41) is 0. The molecule has 78 heavy (non-hydrogen) atoms. The van der Waals surface area contributed by atoms with E-state index in [1.54, 1.807) is 0 Å². The quantitative estimate of drug-likeness (QED) is 0.0261. The van der Waals surface area contributed by atoms with E-state index in [1.165, 1.54) is 193 Å². The monoisotopic (exact) mass is 1090 g/mol. The highest BCUT2D eigenvalue weighted by Gasteiger charge is 2.19. The van der Waals surface area contributed by atoms with Gasteiger partial charge in [-0.3, -0.25) is 14.4 Å². The van der Waals surface area contributed by atoms with Gasteiger partial charge in [-0.1, -0.05) is 286 Å². The Kier molecular flexibility index (Phi) is 63.2. The van der Waals surface area contributed by atoms with Crippen molar-refractivity contribution in [1.29, 1.82) is 0 Å². The Morgan fingerprint density at radius 3 is 0.821 bits per heavy atom. The Morgan fingerprint density at radius 2 is 0.500 bits per heavy atom. The van der Waals surface area contributed by atoms with Crippen LogP contribution in [0.15, 0.2) is 85.1 Å². The van der Waals surface area contributed by atoms with Crippen LogP contribution >= 0.6 is 0 Å². The van der Waals surface area contributed by atoms with E-state index in [2.05, 4.69) is 106 Å². The first-order chi connectivity index (χ1) is 38.5. The summed E-state index contributed by atoms with van der Waals surface area (Å²) < 4.78 is 16.9. The van der Waals surface area contributed by atoms with Crippen molar-refractivity contribution in [2.45, 2.75) is 341 Å². The Labute approximate surface area is 484 Å².